The van der Waals surface area contributed by atoms with Crippen molar-refractivity contribution >= 4 is 53.4 Å². The van der Waals surface area contributed by atoms with Crippen LogP contribution in [-0.4, -0.2) is 29.9 Å². The number of hydrogen-bond acceptors (Lipinski definition) is 8. The summed E-state index contributed by atoms with van der Waals surface area (Å²) in [5.41, 5.74) is 7.21. The monoisotopic (exact) mass is 736 g/mol. The first kappa shape index (κ1) is 32.0. The highest BCUT2D eigenvalue weighted by Gasteiger charge is 2.19. The maximum absolute atomic E-state index is 6.12. The molecule has 56 heavy (non-hydrogen) atoms. The number of aromatic nitrogens is 6. The second-order valence-corrected chi connectivity index (χ2v) is 14.6. The van der Waals surface area contributed by atoms with Crippen LogP contribution in [0.15, 0.2) is 174 Å². The topological polar surface area (TPSA) is 90.5 Å². The van der Waals surface area contributed by atoms with Crippen molar-refractivity contribution in [1.82, 2.24) is 29.9 Å². The van der Waals surface area contributed by atoms with E-state index in [-0.39, 0.29) is 0 Å². The molecule has 0 saturated heterocycles. The lowest BCUT2D eigenvalue weighted by molar-refractivity contribution is 0.669. The molecule has 11 rings (SSSR count). The van der Waals surface area contributed by atoms with E-state index in [0.717, 1.165) is 75.5 Å². The summed E-state index contributed by atoms with van der Waals surface area (Å²) in [6.45, 7) is 0. The Balaban J connectivity index is 1.06. The van der Waals surface area contributed by atoms with Crippen LogP contribution < -0.4 is 0 Å². The van der Waals surface area contributed by atoms with Crippen molar-refractivity contribution in [3.05, 3.63) is 170 Å². The van der Waals surface area contributed by atoms with Gasteiger partial charge < -0.3 is 4.42 Å². The molecule has 0 amide bonds. The van der Waals surface area contributed by atoms with Crippen molar-refractivity contribution in [2.75, 3.05) is 0 Å². The van der Waals surface area contributed by atoms with Crippen molar-refractivity contribution in [1.29, 1.82) is 0 Å². The molecule has 0 unspecified atom stereocenters. The second kappa shape index (κ2) is 13.2. The molecule has 4 aromatic heterocycles. The molecule has 0 spiro atoms. The molecule has 7 aromatic carbocycles. The number of benzene rings is 7. The summed E-state index contributed by atoms with van der Waals surface area (Å²) in [7, 11) is 0. The summed E-state index contributed by atoms with van der Waals surface area (Å²) in [4.78, 5) is 30.2. The first-order valence-electron chi connectivity index (χ1n) is 18.3. The number of para-hydroxylation sites is 1. The quantitative estimate of drug-likeness (QED) is 0.168. The first-order valence-corrected chi connectivity index (χ1v) is 19.1. The Labute approximate surface area is 324 Å². The standard InChI is InChI=1S/C48H28N6OS/c1-4-13-29(14-5-1)43-50-46(32-23-25-40-37(27-32)34-19-10-11-22-39(34)55-40)52-47(51-43)33-24-26-41-38(28-33)35-20-12-21-36(42(35)56-41)48-53-44(30-15-6-2-7-16-30)49-45(54-48)31-17-8-3-9-18-31/h1-28H. The Morgan fingerprint density at radius 1 is 0.321 bits per heavy atom. The van der Waals surface area contributed by atoms with Crippen LogP contribution in [0.1, 0.15) is 0 Å². The van der Waals surface area contributed by atoms with Crippen LogP contribution in [0.25, 0.3) is 110 Å². The molecule has 0 bridgehead atoms. The van der Waals surface area contributed by atoms with Crippen molar-refractivity contribution < 1.29 is 4.42 Å². The van der Waals surface area contributed by atoms with Crippen LogP contribution >= 0.6 is 11.3 Å². The third-order valence-electron chi connectivity index (χ3n) is 10.00. The average Bonchev–Trinajstić information content (AvgIpc) is 3.85. The van der Waals surface area contributed by atoms with Crippen LogP contribution in [-0.2, 0) is 0 Å². The van der Waals surface area contributed by atoms with Gasteiger partial charge in [-0.2, -0.15) is 0 Å². The van der Waals surface area contributed by atoms with Gasteiger partial charge in [0.1, 0.15) is 11.2 Å². The van der Waals surface area contributed by atoms with Gasteiger partial charge in [0.05, 0.1) is 0 Å². The van der Waals surface area contributed by atoms with Crippen molar-refractivity contribution in [3.63, 3.8) is 0 Å². The minimum atomic E-state index is 0.594. The summed E-state index contributed by atoms with van der Waals surface area (Å²) in [6.07, 6.45) is 0. The van der Waals surface area contributed by atoms with E-state index >= 15 is 0 Å². The Morgan fingerprint density at radius 2 is 0.786 bits per heavy atom. The molecule has 4 heterocycles. The Morgan fingerprint density at radius 3 is 1.39 bits per heavy atom. The third-order valence-corrected chi connectivity index (χ3v) is 11.2. The van der Waals surface area contributed by atoms with Crippen molar-refractivity contribution in [2.24, 2.45) is 0 Å². The SMILES string of the molecule is c1ccc(-c2nc(-c3ccc4oc5ccccc5c4c3)nc(-c3ccc4sc5c(-c6nc(-c7ccccc7)nc(-c7ccccc7)n6)cccc5c4c3)n2)cc1. The number of rotatable bonds is 6. The fourth-order valence-corrected chi connectivity index (χ4v) is 8.45. The molecule has 0 aliphatic heterocycles. The van der Waals surface area contributed by atoms with Crippen LogP contribution in [0.5, 0.6) is 0 Å². The summed E-state index contributed by atoms with van der Waals surface area (Å²) in [5, 5.41) is 4.30. The zero-order valence-electron chi connectivity index (χ0n) is 29.7. The van der Waals surface area contributed by atoms with Crippen molar-refractivity contribution in [3.8, 4) is 68.3 Å². The van der Waals surface area contributed by atoms with E-state index in [4.69, 9.17) is 34.3 Å². The molecule has 7 nitrogen and oxygen atoms in total. The van der Waals surface area contributed by atoms with Crippen LogP contribution in [0.4, 0.5) is 0 Å². The lowest BCUT2D eigenvalue weighted by atomic mass is 10.1. The minimum absolute atomic E-state index is 0.594. The smallest absolute Gasteiger partial charge is 0.165 e. The molecular weight excluding hydrogens is 709 g/mol. The minimum Gasteiger partial charge on any atom is -0.456 e. The zero-order valence-corrected chi connectivity index (χ0v) is 30.5. The average molecular weight is 737 g/mol. The molecule has 0 atom stereocenters. The van der Waals surface area contributed by atoms with Gasteiger partial charge in [-0.25, -0.2) is 29.9 Å². The molecule has 8 heteroatoms. The summed E-state index contributed by atoms with van der Waals surface area (Å²) in [6, 6.07) is 57.2. The second-order valence-electron chi connectivity index (χ2n) is 13.5. The fourth-order valence-electron chi connectivity index (χ4n) is 7.26. The highest BCUT2D eigenvalue weighted by molar-refractivity contribution is 7.26. The van der Waals surface area contributed by atoms with Gasteiger partial charge in [-0.15, -0.1) is 11.3 Å². The van der Waals surface area contributed by atoms with E-state index in [1.807, 2.05) is 121 Å². The molecule has 0 saturated carbocycles. The molecule has 0 fully saturated rings. The predicted octanol–water partition coefficient (Wildman–Crippen LogP) is 12.3. The number of furan rings is 1. The van der Waals surface area contributed by atoms with Gasteiger partial charge in [0, 0.05) is 64.3 Å². The van der Waals surface area contributed by atoms with Gasteiger partial charge in [-0.3, -0.25) is 0 Å². The highest BCUT2D eigenvalue weighted by atomic mass is 32.1. The van der Waals surface area contributed by atoms with E-state index in [2.05, 4.69) is 48.5 Å². The van der Waals surface area contributed by atoms with E-state index in [0.29, 0.717) is 34.9 Å². The molecule has 262 valence electrons. The summed E-state index contributed by atoms with van der Waals surface area (Å²) in [5.74, 6) is 3.70. The Kier molecular flexibility index (Phi) is 7.53. The molecule has 0 radical (unpaired) electrons. The van der Waals surface area contributed by atoms with Crippen molar-refractivity contribution in [2.45, 2.75) is 0 Å². The maximum Gasteiger partial charge on any atom is 0.165 e. The number of fused-ring (bicyclic) bond motifs is 6. The van der Waals surface area contributed by atoms with Gasteiger partial charge in [-0.1, -0.05) is 121 Å². The molecule has 0 aliphatic rings. The summed E-state index contributed by atoms with van der Waals surface area (Å²) < 4.78 is 8.37. The normalized spacial score (nSPS) is 11.6. The molecular formula is C48H28N6OS. The van der Waals surface area contributed by atoms with Gasteiger partial charge in [0.2, 0.25) is 0 Å². The van der Waals surface area contributed by atoms with Crippen LogP contribution in [0.2, 0.25) is 0 Å². The summed E-state index contributed by atoms with van der Waals surface area (Å²) >= 11 is 1.73. The number of hydrogen-bond donors (Lipinski definition) is 0. The Hall–Kier alpha value is -7.42. The van der Waals surface area contributed by atoms with E-state index in [1.54, 1.807) is 11.3 Å². The third kappa shape index (κ3) is 5.59. The fraction of sp³-hybridized carbons (Fsp3) is 0. The van der Waals surface area contributed by atoms with Crippen LogP contribution in [0.3, 0.4) is 0 Å². The first-order chi connectivity index (χ1) is 27.7. The van der Waals surface area contributed by atoms with E-state index < -0.39 is 0 Å². The molecule has 0 N–H and O–H groups in total. The number of nitrogens with zero attached hydrogens (tertiary/aromatic N) is 6. The lowest BCUT2D eigenvalue weighted by Crippen LogP contribution is -2.00. The highest BCUT2D eigenvalue weighted by Crippen LogP contribution is 2.41. The van der Waals surface area contributed by atoms with E-state index in [9.17, 15) is 0 Å². The largest absolute Gasteiger partial charge is 0.456 e. The van der Waals surface area contributed by atoms with Crippen LogP contribution in [0, 0.1) is 0 Å². The lowest BCUT2D eigenvalue weighted by Gasteiger charge is -2.09. The maximum atomic E-state index is 6.12. The van der Waals surface area contributed by atoms with Gasteiger partial charge in [0.15, 0.2) is 34.9 Å². The predicted molar refractivity (Wildman–Crippen MR) is 226 cm³/mol. The Bertz CT molecular complexity index is 3200. The van der Waals surface area contributed by atoms with Gasteiger partial charge in [-0.05, 0) is 48.5 Å². The number of thiophene rings is 1. The zero-order chi connectivity index (χ0) is 37.0. The molecule has 11 aromatic rings. The van der Waals surface area contributed by atoms with Gasteiger partial charge in [0.25, 0.3) is 0 Å². The van der Waals surface area contributed by atoms with E-state index in [1.165, 1.54) is 0 Å². The van der Waals surface area contributed by atoms with Gasteiger partial charge >= 0.3 is 0 Å². The molecule has 0 aliphatic carbocycles.